The van der Waals surface area contributed by atoms with Crippen LogP contribution < -0.4 is 9.64 Å². The molecule has 0 unspecified atom stereocenters. The van der Waals surface area contributed by atoms with Gasteiger partial charge in [0.1, 0.15) is 11.9 Å². The predicted molar refractivity (Wildman–Crippen MR) is 127 cm³/mol. The normalized spacial score (nSPS) is 22.2. The summed E-state index contributed by atoms with van der Waals surface area (Å²) >= 11 is 0. The smallest absolute Gasteiger partial charge is 0.257 e. The maximum Gasteiger partial charge on any atom is 0.257 e. The van der Waals surface area contributed by atoms with Crippen LogP contribution >= 0.6 is 0 Å². The first-order valence-electron chi connectivity index (χ1n) is 12.0. The second-order valence-corrected chi connectivity index (χ2v) is 9.33. The van der Waals surface area contributed by atoms with Crippen LogP contribution in [0.2, 0.25) is 0 Å². The number of aliphatic hydroxyl groups is 1. The van der Waals surface area contributed by atoms with Crippen molar-refractivity contribution in [3.05, 3.63) is 59.2 Å². The summed E-state index contributed by atoms with van der Waals surface area (Å²) in [5.41, 5.74) is 4.34. The molecule has 0 aromatic heterocycles. The number of carbonyl (C=O) groups is 1. The van der Waals surface area contributed by atoms with Crippen molar-refractivity contribution in [2.75, 3.05) is 57.4 Å². The van der Waals surface area contributed by atoms with Gasteiger partial charge in [-0.1, -0.05) is 24.3 Å². The zero-order chi connectivity index (χ0) is 22.8. The van der Waals surface area contributed by atoms with Gasteiger partial charge in [0.05, 0.1) is 31.4 Å². The van der Waals surface area contributed by atoms with Crippen LogP contribution in [-0.2, 0) is 17.7 Å². The Balaban J connectivity index is 1.25. The summed E-state index contributed by atoms with van der Waals surface area (Å²) < 4.78 is 11.6. The zero-order valence-corrected chi connectivity index (χ0v) is 19.3. The molecule has 0 spiro atoms. The first-order valence-corrected chi connectivity index (χ1v) is 12.0. The highest BCUT2D eigenvalue weighted by atomic mass is 16.5. The van der Waals surface area contributed by atoms with Gasteiger partial charge in [-0.3, -0.25) is 9.69 Å². The molecule has 5 rings (SSSR count). The number of amides is 1. The SMILES string of the molecule is C[C@@H]1CN(C[C@H](O)CN2CCc3ccccc3C2)C(=O)c2ccc(N3CCOCC3)cc2O1. The van der Waals surface area contributed by atoms with E-state index in [1.54, 1.807) is 4.90 Å². The molecular formula is C26H33N3O4. The van der Waals surface area contributed by atoms with Crippen molar-refractivity contribution in [1.82, 2.24) is 9.80 Å². The van der Waals surface area contributed by atoms with E-state index in [0.29, 0.717) is 44.2 Å². The number of anilines is 1. The van der Waals surface area contributed by atoms with E-state index in [2.05, 4.69) is 34.1 Å². The number of hydrogen-bond acceptors (Lipinski definition) is 6. The number of hydrogen-bond donors (Lipinski definition) is 1. The van der Waals surface area contributed by atoms with Crippen LogP contribution in [0.15, 0.2) is 42.5 Å². The number of morpholine rings is 1. The molecule has 1 amide bonds. The number of fused-ring (bicyclic) bond motifs is 2. The molecule has 176 valence electrons. The van der Waals surface area contributed by atoms with Gasteiger partial charge in [0.15, 0.2) is 0 Å². The quantitative estimate of drug-likeness (QED) is 0.752. The van der Waals surface area contributed by atoms with Gasteiger partial charge in [-0.15, -0.1) is 0 Å². The van der Waals surface area contributed by atoms with Crippen LogP contribution in [0, 0.1) is 0 Å². The van der Waals surface area contributed by atoms with Crippen molar-refractivity contribution in [3.63, 3.8) is 0 Å². The standard InChI is InChI=1S/C26H33N3O4/c1-19-15-29(18-23(30)17-27-9-8-20-4-2-3-5-21(20)16-27)26(31)24-7-6-22(14-25(24)33-19)28-10-12-32-13-11-28/h2-7,14,19,23,30H,8-13,15-18H2,1H3/t19-,23-/m1/s1. The largest absolute Gasteiger partial charge is 0.488 e. The number of nitrogens with zero attached hydrogens (tertiary/aromatic N) is 3. The summed E-state index contributed by atoms with van der Waals surface area (Å²) in [4.78, 5) is 19.6. The Morgan fingerprint density at radius 3 is 2.67 bits per heavy atom. The molecule has 7 nitrogen and oxygen atoms in total. The van der Waals surface area contributed by atoms with Crippen LogP contribution in [0.3, 0.4) is 0 Å². The van der Waals surface area contributed by atoms with E-state index in [-0.39, 0.29) is 12.0 Å². The molecule has 1 fully saturated rings. The van der Waals surface area contributed by atoms with Gasteiger partial charge in [0.25, 0.3) is 5.91 Å². The Bertz CT molecular complexity index is 991. The third-order valence-electron chi connectivity index (χ3n) is 6.77. The number of aliphatic hydroxyl groups excluding tert-OH is 1. The summed E-state index contributed by atoms with van der Waals surface area (Å²) in [7, 11) is 0. The molecule has 3 heterocycles. The molecule has 3 aliphatic heterocycles. The highest BCUT2D eigenvalue weighted by Crippen LogP contribution is 2.31. The van der Waals surface area contributed by atoms with E-state index in [9.17, 15) is 9.90 Å². The minimum absolute atomic E-state index is 0.0779. The van der Waals surface area contributed by atoms with E-state index < -0.39 is 6.10 Å². The first kappa shape index (κ1) is 22.2. The average Bonchev–Trinajstić information content (AvgIpc) is 2.94. The molecule has 0 bridgehead atoms. The Morgan fingerprint density at radius 2 is 1.85 bits per heavy atom. The van der Waals surface area contributed by atoms with Crippen molar-refractivity contribution >= 4 is 11.6 Å². The highest BCUT2D eigenvalue weighted by Gasteiger charge is 2.30. The number of β-amino-alcohol motifs (C(OH)–C–C–N with tert-alkyl or cyclic N) is 1. The Kier molecular flexibility index (Phi) is 6.53. The summed E-state index contributed by atoms with van der Waals surface area (Å²) in [6.45, 7) is 8.14. The fourth-order valence-electron chi connectivity index (χ4n) is 5.10. The Morgan fingerprint density at radius 1 is 1.06 bits per heavy atom. The lowest BCUT2D eigenvalue weighted by atomic mass is 10.00. The molecule has 1 saturated heterocycles. The van der Waals surface area contributed by atoms with Gasteiger partial charge in [0, 0.05) is 51.0 Å². The third kappa shape index (κ3) is 5.00. The van der Waals surface area contributed by atoms with Crippen LogP contribution in [0.25, 0.3) is 0 Å². The average molecular weight is 452 g/mol. The van der Waals surface area contributed by atoms with Crippen molar-refractivity contribution in [3.8, 4) is 5.75 Å². The third-order valence-corrected chi connectivity index (χ3v) is 6.77. The van der Waals surface area contributed by atoms with E-state index in [0.717, 1.165) is 38.3 Å². The van der Waals surface area contributed by atoms with Crippen molar-refractivity contribution in [2.24, 2.45) is 0 Å². The van der Waals surface area contributed by atoms with Gasteiger partial charge in [-0.2, -0.15) is 0 Å². The van der Waals surface area contributed by atoms with Gasteiger partial charge in [0.2, 0.25) is 0 Å². The lowest BCUT2D eigenvalue weighted by Crippen LogP contribution is -2.45. The van der Waals surface area contributed by atoms with Crippen LogP contribution in [0.4, 0.5) is 5.69 Å². The summed E-state index contributed by atoms with van der Waals surface area (Å²) in [5.74, 6) is 0.548. The topological polar surface area (TPSA) is 65.5 Å². The maximum atomic E-state index is 13.3. The first-order chi connectivity index (χ1) is 16.1. The van der Waals surface area contributed by atoms with Gasteiger partial charge in [-0.25, -0.2) is 0 Å². The van der Waals surface area contributed by atoms with Gasteiger partial charge >= 0.3 is 0 Å². The molecule has 0 saturated carbocycles. The second kappa shape index (κ2) is 9.71. The molecule has 2 aromatic carbocycles. The van der Waals surface area contributed by atoms with E-state index in [4.69, 9.17) is 9.47 Å². The minimum atomic E-state index is -0.611. The summed E-state index contributed by atoms with van der Waals surface area (Å²) in [5, 5.41) is 10.9. The van der Waals surface area contributed by atoms with Crippen molar-refractivity contribution in [2.45, 2.75) is 32.1 Å². The maximum absolute atomic E-state index is 13.3. The lowest BCUT2D eigenvalue weighted by molar-refractivity contribution is 0.0454. The zero-order valence-electron chi connectivity index (χ0n) is 19.3. The van der Waals surface area contributed by atoms with E-state index in [1.165, 1.54) is 11.1 Å². The number of carbonyl (C=O) groups excluding carboxylic acids is 1. The van der Waals surface area contributed by atoms with E-state index >= 15 is 0 Å². The molecule has 33 heavy (non-hydrogen) atoms. The molecule has 7 heteroatoms. The van der Waals surface area contributed by atoms with Crippen LogP contribution in [-0.4, -0.2) is 85.5 Å². The number of rotatable bonds is 5. The Labute approximate surface area is 195 Å². The lowest BCUT2D eigenvalue weighted by Gasteiger charge is -2.32. The fourth-order valence-corrected chi connectivity index (χ4v) is 5.10. The minimum Gasteiger partial charge on any atom is -0.488 e. The highest BCUT2D eigenvalue weighted by molar-refractivity contribution is 5.98. The molecule has 0 aliphatic carbocycles. The molecule has 0 radical (unpaired) electrons. The summed E-state index contributed by atoms with van der Waals surface area (Å²) in [6, 6.07) is 14.3. The Hall–Kier alpha value is -2.61. The van der Waals surface area contributed by atoms with Crippen LogP contribution in [0.5, 0.6) is 5.75 Å². The molecular weight excluding hydrogens is 418 g/mol. The molecule has 2 aromatic rings. The molecule has 1 N–H and O–H groups in total. The van der Waals surface area contributed by atoms with Gasteiger partial charge in [-0.05, 0) is 36.6 Å². The van der Waals surface area contributed by atoms with Crippen molar-refractivity contribution < 1.29 is 19.4 Å². The monoisotopic (exact) mass is 451 g/mol. The van der Waals surface area contributed by atoms with Gasteiger partial charge < -0.3 is 24.4 Å². The van der Waals surface area contributed by atoms with Crippen molar-refractivity contribution in [1.29, 1.82) is 0 Å². The molecule has 3 aliphatic rings. The second-order valence-electron chi connectivity index (χ2n) is 9.33. The fraction of sp³-hybridized carbons (Fsp3) is 0.500. The summed E-state index contributed by atoms with van der Waals surface area (Å²) in [6.07, 6.45) is 0.236. The van der Waals surface area contributed by atoms with Crippen LogP contribution in [0.1, 0.15) is 28.4 Å². The number of ether oxygens (including phenoxy) is 2. The van der Waals surface area contributed by atoms with E-state index in [1.807, 2.05) is 25.1 Å². The number of benzene rings is 2. The predicted octanol–water partition coefficient (Wildman–Crippen LogP) is 2.17. The molecule has 2 atom stereocenters.